The van der Waals surface area contributed by atoms with Crippen LogP contribution in [0.3, 0.4) is 0 Å². The van der Waals surface area contributed by atoms with Crippen molar-refractivity contribution < 1.29 is 0 Å². The molecule has 0 amide bonds. The maximum absolute atomic E-state index is 2.21. The number of hydrogen-bond donors (Lipinski definition) is 0. The molecule has 0 saturated heterocycles. The lowest BCUT2D eigenvalue weighted by Gasteiger charge is -2.09. The lowest BCUT2D eigenvalue weighted by molar-refractivity contribution is 1.20. The average molecular weight is 240 g/mol. The molecule has 0 aliphatic heterocycles. The van der Waals surface area contributed by atoms with Crippen molar-refractivity contribution in [1.82, 2.24) is 0 Å². The molecule has 3 rings (SSSR count). The first kappa shape index (κ1) is 14.5. The molecule has 0 aromatic heterocycles. The van der Waals surface area contributed by atoms with Crippen molar-refractivity contribution in [2.24, 2.45) is 0 Å². The Morgan fingerprint density at radius 1 is 0.556 bits per heavy atom. The molecular weight excluding hydrogens is 216 g/mol. The van der Waals surface area contributed by atoms with E-state index in [9.17, 15) is 0 Å². The molecular formula is C18H24. The highest BCUT2D eigenvalue weighted by Crippen LogP contribution is 2.18. The van der Waals surface area contributed by atoms with Crippen LogP contribution >= 0.6 is 0 Å². The van der Waals surface area contributed by atoms with E-state index in [0.717, 1.165) is 0 Å². The molecule has 1 aliphatic rings. The van der Waals surface area contributed by atoms with E-state index in [4.69, 9.17) is 0 Å². The molecule has 0 saturated carbocycles. The van der Waals surface area contributed by atoms with Crippen molar-refractivity contribution in [2.45, 2.75) is 41.5 Å². The van der Waals surface area contributed by atoms with Crippen LogP contribution in [0.1, 0.15) is 38.8 Å². The van der Waals surface area contributed by atoms with Gasteiger partial charge >= 0.3 is 0 Å². The molecule has 0 fully saturated rings. The Bertz CT molecular complexity index is 632. The van der Waals surface area contributed by atoms with Crippen molar-refractivity contribution in [3.8, 4) is 0 Å². The number of aryl methyl sites for hydroxylation is 2. The molecule has 0 atom stereocenters. The van der Waals surface area contributed by atoms with Crippen molar-refractivity contribution in [1.29, 1.82) is 0 Å². The van der Waals surface area contributed by atoms with Crippen LogP contribution in [0.5, 0.6) is 0 Å². The fraction of sp³-hybridized carbons (Fsp3) is 0.333. The normalized spacial score (nSPS) is 9.67. The zero-order chi connectivity index (χ0) is 13.7. The summed E-state index contributed by atoms with van der Waals surface area (Å²) in [5, 5.41) is 5.76. The Hall–Kier alpha value is -1.56. The summed E-state index contributed by atoms with van der Waals surface area (Å²) in [4.78, 5) is 0. The van der Waals surface area contributed by atoms with Gasteiger partial charge in [-0.3, -0.25) is 0 Å². The van der Waals surface area contributed by atoms with Gasteiger partial charge in [0, 0.05) is 0 Å². The quantitative estimate of drug-likeness (QED) is 0.504. The smallest absolute Gasteiger partial charge is 0.00670 e. The monoisotopic (exact) mass is 240 g/mol. The molecule has 0 radical (unpaired) electrons. The molecule has 0 unspecified atom stereocenters. The third-order valence-corrected chi connectivity index (χ3v) is 3.09. The summed E-state index contributed by atoms with van der Waals surface area (Å²) in [5.41, 5.74) is 2.79. The molecule has 0 nitrogen and oxygen atoms in total. The molecule has 0 bridgehead atoms. The Labute approximate surface area is 110 Å². The van der Waals surface area contributed by atoms with Crippen LogP contribution in [0.2, 0.25) is 0 Å². The molecule has 0 heteroatoms. The van der Waals surface area contributed by atoms with Crippen molar-refractivity contribution >= 4 is 0 Å². The zero-order valence-electron chi connectivity index (χ0n) is 12.5. The first-order valence-electron chi connectivity index (χ1n) is 6.99. The Morgan fingerprint density at radius 2 is 0.889 bits per heavy atom. The Kier molecular flexibility index (Phi) is 5.15. The number of benzene rings is 2. The second kappa shape index (κ2) is 6.39. The van der Waals surface area contributed by atoms with Crippen LogP contribution in [-0.4, -0.2) is 0 Å². The maximum atomic E-state index is 2.21. The predicted octanol–water partition coefficient (Wildman–Crippen LogP) is 5.24. The third kappa shape index (κ3) is 2.20. The van der Waals surface area contributed by atoms with Gasteiger partial charge in [0.25, 0.3) is 0 Å². The molecule has 2 aromatic carbocycles. The van der Waals surface area contributed by atoms with Gasteiger partial charge in [0.15, 0.2) is 0 Å². The van der Waals surface area contributed by atoms with Crippen molar-refractivity contribution in [3.05, 3.63) is 68.4 Å². The molecule has 0 spiro atoms. The fourth-order valence-electron chi connectivity index (χ4n) is 2.39. The fourth-order valence-corrected chi connectivity index (χ4v) is 2.39. The van der Waals surface area contributed by atoms with E-state index < -0.39 is 0 Å². The first-order valence-corrected chi connectivity index (χ1v) is 6.99. The minimum Gasteiger partial charge on any atom is -0.0683 e. The van der Waals surface area contributed by atoms with E-state index in [1.807, 2.05) is 27.7 Å². The van der Waals surface area contributed by atoms with E-state index in [1.165, 1.54) is 32.0 Å². The van der Waals surface area contributed by atoms with Gasteiger partial charge in [-0.05, 0) is 45.8 Å². The maximum Gasteiger partial charge on any atom is -0.00670 e. The summed E-state index contributed by atoms with van der Waals surface area (Å²) in [6.45, 7) is 12.4. The van der Waals surface area contributed by atoms with Gasteiger partial charge in [-0.15, -0.1) is 0 Å². The largest absolute Gasteiger partial charge is 0.0683 e. The topological polar surface area (TPSA) is 0 Å². The second-order valence-electron chi connectivity index (χ2n) is 3.99. The van der Waals surface area contributed by atoms with Crippen LogP contribution in [0, 0.1) is 34.7 Å². The molecule has 18 heavy (non-hydrogen) atoms. The molecule has 0 N–H and O–H groups in total. The third-order valence-electron chi connectivity index (χ3n) is 3.09. The van der Waals surface area contributed by atoms with Crippen LogP contribution in [0.4, 0.5) is 0 Å². The van der Waals surface area contributed by atoms with E-state index >= 15 is 0 Å². The summed E-state index contributed by atoms with van der Waals surface area (Å²) < 4.78 is 0. The molecule has 0 heterocycles. The lowest BCUT2D eigenvalue weighted by Crippen LogP contribution is -1.96. The van der Waals surface area contributed by atoms with Crippen molar-refractivity contribution in [2.75, 3.05) is 0 Å². The standard InChI is InChI=1S/C14H12.2C2H6/c1-9-5-3-7-11-12-8-4-6-10(2)14(12)13(9)11;2*1-2/h3-8H,1-2H3;2*1-2H3. The highest BCUT2D eigenvalue weighted by Gasteiger charge is 2.05. The van der Waals surface area contributed by atoms with Crippen molar-refractivity contribution in [3.63, 3.8) is 0 Å². The van der Waals surface area contributed by atoms with E-state index in [-0.39, 0.29) is 0 Å². The summed E-state index contributed by atoms with van der Waals surface area (Å²) in [7, 11) is 0. The summed E-state index contributed by atoms with van der Waals surface area (Å²) in [6.07, 6.45) is 0. The average Bonchev–Trinajstić information content (AvgIpc) is 2.41. The van der Waals surface area contributed by atoms with Gasteiger partial charge in [-0.25, -0.2) is 0 Å². The second-order valence-corrected chi connectivity index (χ2v) is 3.99. The number of hydrogen-bond acceptors (Lipinski definition) is 0. The van der Waals surface area contributed by atoms with Gasteiger partial charge in [-0.1, -0.05) is 64.1 Å². The Morgan fingerprint density at radius 3 is 1.22 bits per heavy atom. The van der Waals surface area contributed by atoms with Gasteiger partial charge in [0.2, 0.25) is 0 Å². The summed E-state index contributed by atoms with van der Waals surface area (Å²) >= 11 is 0. The number of fused-ring (bicyclic) bond motifs is 2. The van der Waals surface area contributed by atoms with Crippen LogP contribution in [0.25, 0.3) is 0 Å². The van der Waals surface area contributed by atoms with Gasteiger partial charge < -0.3 is 0 Å². The zero-order valence-corrected chi connectivity index (χ0v) is 12.5. The minimum absolute atomic E-state index is 1.39. The van der Waals surface area contributed by atoms with Gasteiger partial charge in [0.1, 0.15) is 0 Å². The Balaban J connectivity index is 0.000000371. The first-order chi connectivity index (χ1) is 8.79. The number of rotatable bonds is 0. The molecule has 2 aromatic rings. The van der Waals surface area contributed by atoms with Crippen LogP contribution in [-0.2, 0) is 0 Å². The van der Waals surface area contributed by atoms with E-state index in [1.54, 1.807) is 0 Å². The minimum atomic E-state index is 1.39. The molecule has 96 valence electrons. The predicted molar refractivity (Wildman–Crippen MR) is 80.4 cm³/mol. The highest BCUT2D eigenvalue weighted by atomic mass is 14.1. The molecule has 1 aliphatic carbocycles. The summed E-state index contributed by atoms with van der Waals surface area (Å²) in [5.74, 6) is 0. The van der Waals surface area contributed by atoms with Crippen LogP contribution in [0.15, 0.2) is 36.4 Å². The van der Waals surface area contributed by atoms with E-state index in [2.05, 4.69) is 50.2 Å². The van der Waals surface area contributed by atoms with E-state index in [0.29, 0.717) is 0 Å². The summed E-state index contributed by atoms with van der Waals surface area (Å²) in [6, 6.07) is 13.1. The van der Waals surface area contributed by atoms with Crippen LogP contribution < -0.4 is 0 Å². The van der Waals surface area contributed by atoms with Gasteiger partial charge in [0.05, 0.1) is 0 Å². The highest BCUT2D eigenvalue weighted by molar-refractivity contribution is 5.36. The lowest BCUT2D eigenvalue weighted by atomic mass is 9.95. The van der Waals surface area contributed by atoms with Gasteiger partial charge in [-0.2, -0.15) is 0 Å². The SMILES string of the molecule is CC.CC.Cc1cccc2c1=c1c(C)cccc1=2.